The van der Waals surface area contributed by atoms with E-state index in [1.165, 1.54) is 0 Å². The Bertz CT molecular complexity index is 344. The summed E-state index contributed by atoms with van der Waals surface area (Å²) in [6.45, 7) is 0.0418. The summed E-state index contributed by atoms with van der Waals surface area (Å²) in [5.74, 6) is 0.731. The first-order valence-corrected chi connectivity index (χ1v) is 5.40. The highest BCUT2D eigenvalue weighted by atomic mass is 35.5. The summed E-state index contributed by atoms with van der Waals surface area (Å²) in [6.07, 6.45) is 1.94. The zero-order chi connectivity index (χ0) is 10.6. The number of Topliss-reactive ketones (excluding diaryl/α,β-unsaturated/α-hetero) is 1. The van der Waals surface area contributed by atoms with Gasteiger partial charge in [-0.3, -0.25) is 4.79 Å². The standard InChI is InChI=1S/C10H13NO2S.ClH/c1-13-9-4-3-7(8(12)6-11)5-10(9)14-2;/h3-5H,6,11H2,1-2H3;1H. The average molecular weight is 248 g/mol. The Balaban J connectivity index is 0.00000196. The molecule has 0 radical (unpaired) electrons. The lowest BCUT2D eigenvalue weighted by Crippen LogP contribution is -2.13. The van der Waals surface area contributed by atoms with Gasteiger partial charge < -0.3 is 10.5 Å². The van der Waals surface area contributed by atoms with Crippen molar-refractivity contribution in [2.75, 3.05) is 19.9 Å². The van der Waals surface area contributed by atoms with Crippen LogP contribution in [0.5, 0.6) is 5.75 Å². The minimum absolute atomic E-state index is 0. The molecular formula is C10H14ClNO2S. The van der Waals surface area contributed by atoms with E-state index in [1.54, 1.807) is 37.1 Å². The summed E-state index contributed by atoms with van der Waals surface area (Å²) < 4.78 is 5.14. The summed E-state index contributed by atoms with van der Waals surface area (Å²) in [6, 6.07) is 5.32. The molecule has 2 N–H and O–H groups in total. The van der Waals surface area contributed by atoms with Crippen molar-refractivity contribution in [3.63, 3.8) is 0 Å². The molecule has 1 aromatic rings. The van der Waals surface area contributed by atoms with Crippen LogP contribution in [-0.4, -0.2) is 25.7 Å². The van der Waals surface area contributed by atoms with Gasteiger partial charge in [-0.25, -0.2) is 0 Å². The van der Waals surface area contributed by atoms with Crippen LogP contribution in [0.15, 0.2) is 23.1 Å². The van der Waals surface area contributed by atoms with Gasteiger partial charge in [-0.15, -0.1) is 24.2 Å². The molecule has 0 aromatic heterocycles. The number of hydrogen-bond donors (Lipinski definition) is 1. The Morgan fingerprint density at radius 2 is 2.20 bits per heavy atom. The van der Waals surface area contributed by atoms with E-state index in [0.717, 1.165) is 10.6 Å². The van der Waals surface area contributed by atoms with Gasteiger partial charge in [-0.05, 0) is 24.5 Å². The zero-order valence-electron chi connectivity index (χ0n) is 8.65. The molecule has 1 rings (SSSR count). The Morgan fingerprint density at radius 1 is 1.53 bits per heavy atom. The van der Waals surface area contributed by atoms with Crippen LogP contribution < -0.4 is 10.5 Å². The first-order chi connectivity index (χ1) is 6.72. The van der Waals surface area contributed by atoms with Crippen molar-refractivity contribution < 1.29 is 9.53 Å². The van der Waals surface area contributed by atoms with Crippen LogP contribution in [-0.2, 0) is 0 Å². The molecule has 0 atom stereocenters. The number of nitrogens with two attached hydrogens (primary N) is 1. The minimum Gasteiger partial charge on any atom is -0.496 e. The Morgan fingerprint density at radius 3 is 2.67 bits per heavy atom. The molecule has 0 aliphatic carbocycles. The lowest BCUT2D eigenvalue weighted by Gasteiger charge is -2.07. The number of rotatable bonds is 4. The molecule has 3 nitrogen and oxygen atoms in total. The molecule has 0 unspecified atom stereocenters. The SMILES string of the molecule is COc1ccc(C(=O)CN)cc1SC.Cl. The molecule has 0 saturated carbocycles. The molecule has 0 fully saturated rings. The van der Waals surface area contributed by atoms with E-state index in [2.05, 4.69) is 0 Å². The van der Waals surface area contributed by atoms with Gasteiger partial charge in [0.2, 0.25) is 0 Å². The Labute approximate surface area is 99.8 Å². The van der Waals surface area contributed by atoms with Crippen molar-refractivity contribution in [1.82, 2.24) is 0 Å². The largest absolute Gasteiger partial charge is 0.496 e. The van der Waals surface area contributed by atoms with Gasteiger partial charge >= 0.3 is 0 Å². The Kier molecular flexibility index (Phi) is 6.40. The van der Waals surface area contributed by atoms with Crippen molar-refractivity contribution in [2.45, 2.75) is 4.90 Å². The molecule has 5 heteroatoms. The molecule has 0 aliphatic heterocycles. The number of halogens is 1. The molecule has 1 aromatic carbocycles. The van der Waals surface area contributed by atoms with Gasteiger partial charge in [0.1, 0.15) is 5.75 Å². The summed E-state index contributed by atoms with van der Waals surface area (Å²) in [4.78, 5) is 12.3. The number of ketones is 1. The number of hydrogen-bond acceptors (Lipinski definition) is 4. The number of thioether (sulfide) groups is 1. The van der Waals surface area contributed by atoms with Gasteiger partial charge in [0.15, 0.2) is 5.78 Å². The lowest BCUT2D eigenvalue weighted by molar-refractivity contribution is 0.100. The van der Waals surface area contributed by atoms with Crippen LogP contribution in [0.4, 0.5) is 0 Å². The monoisotopic (exact) mass is 247 g/mol. The predicted octanol–water partition coefficient (Wildman–Crippen LogP) is 1.98. The average Bonchev–Trinajstić information content (AvgIpc) is 2.26. The maximum absolute atomic E-state index is 11.3. The van der Waals surface area contributed by atoms with Crippen molar-refractivity contribution in [1.29, 1.82) is 0 Å². The third kappa shape index (κ3) is 3.41. The van der Waals surface area contributed by atoms with Crippen molar-refractivity contribution >= 4 is 30.0 Å². The van der Waals surface area contributed by atoms with Crippen molar-refractivity contribution in [2.24, 2.45) is 5.73 Å². The number of carbonyl (C=O) groups excluding carboxylic acids is 1. The van der Waals surface area contributed by atoms with Gasteiger partial charge in [-0.1, -0.05) is 0 Å². The van der Waals surface area contributed by atoms with E-state index in [-0.39, 0.29) is 24.7 Å². The van der Waals surface area contributed by atoms with Gasteiger partial charge in [0, 0.05) is 10.5 Å². The first kappa shape index (κ1) is 14.3. The number of carbonyl (C=O) groups is 1. The molecule has 0 aliphatic rings. The van der Waals surface area contributed by atoms with Gasteiger partial charge in [0.05, 0.1) is 13.7 Å². The molecule has 15 heavy (non-hydrogen) atoms. The molecule has 0 bridgehead atoms. The van der Waals surface area contributed by atoms with Gasteiger partial charge in [0.25, 0.3) is 0 Å². The van der Waals surface area contributed by atoms with E-state index < -0.39 is 0 Å². The maximum atomic E-state index is 11.3. The second kappa shape index (κ2) is 6.71. The molecule has 84 valence electrons. The third-order valence-corrected chi connectivity index (χ3v) is 2.65. The van der Waals surface area contributed by atoms with E-state index in [1.807, 2.05) is 6.26 Å². The van der Waals surface area contributed by atoms with E-state index in [4.69, 9.17) is 10.5 Å². The third-order valence-electron chi connectivity index (χ3n) is 1.89. The molecule has 0 amide bonds. The first-order valence-electron chi connectivity index (χ1n) is 4.18. The quantitative estimate of drug-likeness (QED) is 0.653. The smallest absolute Gasteiger partial charge is 0.176 e. The zero-order valence-corrected chi connectivity index (χ0v) is 10.3. The molecule has 0 spiro atoms. The lowest BCUT2D eigenvalue weighted by atomic mass is 10.1. The molecular weight excluding hydrogens is 234 g/mol. The summed E-state index contributed by atoms with van der Waals surface area (Å²) in [7, 11) is 1.61. The fraction of sp³-hybridized carbons (Fsp3) is 0.300. The van der Waals surface area contributed by atoms with Crippen LogP contribution in [0.25, 0.3) is 0 Å². The summed E-state index contributed by atoms with van der Waals surface area (Å²) >= 11 is 1.54. The van der Waals surface area contributed by atoms with Crippen molar-refractivity contribution in [3.05, 3.63) is 23.8 Å². The fourth-order valence-electron chi connectivity index (χ4n) is 1.13. The van der Waals surface area contributed by atoms with Crippen LogP contribution >= 0.6 is 24.2 Å². The summed E-state index contributed by atoms with van der Waals surface area (Å²) in [5.41, 5.74) is 5.92. The van der Waals surface area contributed by atoms with Crippen LogP contribution in [0.3, 0.4) is 0 Å². The predicted molar refractivity (Wildman–Crippen MR) is 65.4 cm³/mol. The Hall–Kier alpha value is -0.710. The second-order valence-electron chi connectivity index (χ2n) is 2.70. The number of benzene rings is 1. The highest BCUT2D eigenvalue weighted by molar-refractivity contribution is 7.98. The van der Waals surface area contributed by atoms with Crippen LogP contribution in [0, 0.1) is 0 Å². The second-order valence-corrected chi connectivity index (χ2v) is 3.55. The molecule has 0 saturated heterocycles. The van der Waals surface area contributed by atoms with E-state index in [0.29, 0.717) is 5.56 Å². The highest BCUT2D eigenvalue weighted by Crippen LogP contribution is 2.28. The van der Waals surface area contributed by atoms with E-state index in [9.17, 15) is 4.79 Å². The van der Waals surface area contributed by atoms with Crippen LogP contribution in [0.1, 0.15) is 10.4 Å². The van der Waals surface area contributed by atoms with Gasteiger partial charge in [-0.2, -0.15) is 0 Å². The normalized spacial score (nSPS) is 9.27. The number of ether oxygens (including phenoxy) is 1. The fourth-order valence-corrected chi connectivity index (χ4v) is 1.72. The highest BCUT2D eigenvalue weighted by Gasteiger charge is 2.07. The minimum atomic E-state index is -0.0528. The number of methoxy groups -OCH3 is 1. The maximum Gasteiger partial charge on any atom is 0.176 e. The summed E-state index contributed by atoms with van der Waals surface area (Å²) in [5, 5.41) is 0. The topological polar surface area (TPSA) is 52.3 Å². The molecule has 0 heterocycles. The van der Waals surface area contributed by atoms with Crippen LogP contribution in [0.2, 0.25) is 0 Å². The van der Waals surface area contributed by atoms with Crippen molar-refractivity contribution in [3.8, 4) is 5.75 Å². The van der Waals surface area contributed by atoms with E-state index >= 15 is 0 Å².